The van der Waals surface area contributed by atoms with Crippen LogP contribution >= 0.6 is 0 Å². The number of nitrogens with zero attached hydrogens (tertiary/aromatic N) is 2. The molecule has 1 aliphatic rings. The van der Waals surface area contributed by atoms with E-state index in [2.05, 4.69) is 26.1 Å². The molecule has 1 atom stereocenters. The van der Waals surface area contributed by atoms with Gasteiger partial charge in [-0.15, -0.1) is 0 Å². The summed E-state index contributed by atoms with van der Waals surface area (Å²) in [5.41, 5.74) is 1.07. The first-order chi connectivity index (χ1) is 12.2. The molecule has 1 aromatic rings. The summed E-state index contributed by atoms with van der Waals surface area (Å²) in [6.07, 6.45) is 0.777. The van der Waals surface area contributed by atoms with Gasteiger partial charge in [-0.25, -0.2) is 0 Å². The maximum Gasteiger partial charge on any atom is 0.312 e. The van der Waals surface area contributed by atoms with Crippen molar-refractivity contribution in [2.75, 3.05) is 26.2 Å². The molecular formula is C20H29N3O3. The van der Waals surface area contributed by atoms with Gasteiger partial charge in [0.1, 0.15) is 6.54 Å². The molecular weight excluding hydrogens is 330 g/mol. The third-order valence-electron chi connectivity index (χ3n) is 4.47. The maximum absolute atomic E-state index is 12.6. The van der Waals surface area contributed by atoms with Crippen molar-refractivity contribution in [2.45, 2.75) is 40.2 Å². The van der Waals surface area contributed by atoms with Crippen LogP contribution in [0.1, 0.15) is 45.7 Å². The van der Waals surface area contributed by atoms with Crippen molar-refractivity contribution < 1.29 is 14.4 Å². The van der Waals surface area contributed by atoms with Crippen molar-refractivity contribution >= 4 is 17.7 Å². The molecule has 1 heterocycles. The van der Waals surface area contributed by atoms with Crippen molar-refractivity contribution in [3.8, 4) is 0 Å². The molecule has 1 saturated heterocycles. The second-order valence-electron chi connectivity index (χ2n) is 7.91. The largest absolute Gasteiger partial charge is 0.348 e. The minimum atomic E-state index is -0.597. The Morgan fingerprint density at radius 1 is 1.08 bits per heavy atom. The zero-order chi connectivity index (χ0) is 19.3. The van der Waals surface area contributed by atoms with Crippen LogP contribution in [0.5, 0.6) is 0 Å². The van der Waals surface area contributed by atoms with Crippen LogP contribution in [0.15, 0.2) is 30.3 Å². The second kappa shape index (κ2) is 8.34. The lowest BCUT2D eigenvalue weighted by Gasteiger charge is -2.33. The highest BCUT2D eigenvalue weighted by molar-refractivity contribution is 6.35. The van der Waals surface area contributed by atoms with Crippen molar-refractivity contribution in [1.82, 2.24) is 15.1 Å². The molecule has 0 saturated carbocycles. The number of amides is 3. The third kappa shape index (κ3) is 5.31. The van der Waals surface area contributed by atoms with Gasteiger partial charge in [0.15, 0.2) is 0 Å². The molecule has 1 aromatic carbocycles. The Morgan fingerprint density at radius 3 is 2.23 bits per heavy atom. The quantitative estimate of drug-likeness (QED) is 0.790. The summed E-state index contributed by atoms with van der Waals surface area (Å²) in [7, 11) is 0. The highest BCUT2D eigenvalue weighted by Crippen LogP contribution is 2.29. The summed E-state index contributed by atoms with van der Waals surface area (Å²) in [5, 5.41) is 3.04. The fraction of sp³-hybridized carbons (Fsp3) is 0.550. The van der Waals surface area contributed by atoms with E-state index in [0.717, 1.165) is 12.0 Å². The number of carbonyl (C=O) groups excluding carboxylic acids is 3. The number of nitrogens with one attached hydrogen (secondary N) is 1. The number of carbonyl (C=O) groups is 3. The molecule has 3 amide bonds. The van der Waals surface area contributed by atoms with Gasteiger partial charge in [-0.3, -0.25) is 14.4 Å². The minimum Gasteiger partial charge on any atom is -0.348 e. The Bertz CT molecular complexity index is 652. The smallest absolute Gasteiger partial charge is 0.312 e. The van der Waals surface area contributed by atoms with Gasteiger partial charge in [-0.05, 0) is 24.3 Å². The lowest BCUT2D eigenvalue weighted by molar-refractivity contribution is -0.156. The topological polar surface area (TPSA) is 69.7 Å². The number of benzene rings is 1. The highest BCUT2D eigenvalue weighted by atomic mass is 16.2. The summed E-state index contributed by atoms with van der Waals surface area (Å²) in [6, 6.07) is 9.69. The van der Waals surface area contributed by atoms with E-state index in [4.69, 9.17) is 0 Å². The van der Waals surface area contributed by atoms with E-state index in [9.17, 15) is 14.4 Å². The van der Waals surface area contributed by atoms with E-state index in [1.165, 1.54) is 9.80 Å². The third-order valence-corrected chi connectivity index (χ3v) is 4.47. The average Bonchev–Trinajstić information content (AvgIpc) is 2.58. The molecule has 0 radical (unpaired) electrons. The predicted octanol–water partition coefficient (Wildman–Crippen LogP) is 1.97. The van der Waals surface area contributed by atoms with Crippen LogP contribution in [-0.4, -0.2) is 53.7 Å². The molecule has 0 bridgehead atoms. The van der Waals surface area contributed by atoms with Crippen molar-refractivity contribution in [2.24, 2.45) is 5.41 Å². The molecule has 1 N–H and O–H groups in total. The zero-order valence-electron chi connectivity index (χ0n) is 16.1. The van der Waals surface area contributed by atoms with Gasteiger partial charge in [0, 0.05) is 19.6 Å². The molecule has 1 aliphatic heterocycles. The SMILES string of the molecule is CCN1CCN(CC(=O)NC(CC(C)(C)C)c2ccccc2)C(=O)C1=O. The number of piperazine rings is 1. The molecule has 0 aliphatic carbocycles. The van der Waals surface area contributed by atoms with Crippen LogP contribution in [-0.2, 0) is 14.4 Å². The van der Waals surface area contributed by atoms with Crippen LogP contribution < -0.4 is 5.32 Å². The zero-order valence-corrected chi connectivity index (χ0v) is 16.1. The monoisotopic (exact) mass is 359 g/mol. The summed E-state index contributed by atoms with van der Waals surface area (Å²) < 4.78 is 0. The summed E-state index contributed by atoms with van der Waals surface area (Å²) in [6.45, 7) is 9.50. The van der Waals surface area contributed by atoms with Crippen LogP contribution in [0, 0.1) is 5.41 Å². The lowest BCUT2D eigenvalue weighted by Crippen LogP contribution is -2.56. The Hall–Kier alpha value is -2.37. The Kier molecular flexibility index (Phi) is 6.40. The van der Waals surface area contributed by atoms with E-state index in [1.807, 2.05) is 37.3 Å². The molecule has 2 rings (SSSR count). The Morgan fingerprint density at radius 2 is 1.65 bits per heavy atom. The number of hydrogen-bond donors (Lipinski definition) is 1. The molecule has 26 heavy (non-hydrogen) atoms. The van der Waals surface area contributed by atoms with Gasteiger partial charge in [0.25, 0.3) is 0 Å². The standard InChI is InChI=1S/C20H29N3O3/c1-5-22-11-12-23(19(26)18(22)25)14-17(24)21-16(13-20(2,3)4)15-9-7-6-8-10-15/h6-10,16H,5,11-14H2,1-4H3,(H,21,24). The first-order valence-corrected chi connectivity index (χ1v) is 9.13. The number of rotatable bonds is 6. The van der Waals surface area contributed by atoms with Crippen molar-refractivity contribution in [3.05, 3.63) is 35.9 Å². The first kappa shape index (κ1) is 19.9. The fourth-order valence-electron chi connectivity index (χ4n) is 3.13. The van der Waals surface area contributed by atoms with E-state index < -0.39 is 11.8 Å². The number of hydrogen-bond acceptors (Lipinski definition) is 3. The maximum atomic E-state index is 12.6. The van der Waals surface area contributed by atoms with Gasteiger partial charge in [0.05, 0.1) is 6.04 Å². The molecule has 1 unspecified atom stereocenters. The van der Waals surface area contributed by atoms with Crippen LogP contribution in [0.2, 0.25) is 0 Å². The van der Waals surface area contributed by atoms with E-state index in [0.29, 0.717) is 19.6 Å². The average molecular weight is 359 g/mol. The molecule has 0 aromatic heterocycles. The van der Waals surface area contributed by atoms with Gasteiger partial charge < -0.3 is 15.1 Å². The van der Waals surface area contributed by atoms with Gasteiger partial charge in [-0.1, -0.05) is 51.1 Å². The summed E-state index contributed by atoms with van der Waals surface area (Å²) in [5.74, 6) is -1.37. The first-order valence-electron chi connectivity index (χ1n) is 9.13. The molecule has 142 valence electrons. The van der Waals surface area contributed by atoms with Crippen molar-refractivity contribution in [1.29, 1.82) is 0 Å². The summed E-state index contributed by atoms with van der Waals surface area (Å²) >= 11 is 0. The van der Waals surface area contributed by atoms with E-state index in [-0.39, 0.29) is 23.9 Å². The van der Waals surface area contributed by atoms with Crippen LogP contribution in [0.3, 0.4) is 0 Å². The summed E-state index contributed by atoms with van der Waals surface area (Å²) in [4.78, 5) is 39.5. The highest BCUT2D eigenvalue weighted by Gasteiger charge is 2.33. The Labute approximate surface area is 155 Å². The van der Waals surface area contributed by atoms with E-state index >= 15 is 0 Å². The van der Waals surface area contributed by atoms with Crippen LogP contribution in [0.4, 0.5) is 0 Å². The van der Waals surface area contributed by atoms with Gasteiger partial charge in [-0.2, -0.15) is 0 Å². The van der Waals surface area contributed by atoms with Crippen molar-refractivity contribution in [3.63, 3.8) is 0 Å². The Balaban J connectivity index is 2.03. The molecule has 6 nitrogen and oxygen atoms in total. The normalized spacial score (nSPS) is 16.6. The molecule has 6 heteroatoms. The van der Waals surface area contributed by atoms with E-state index in [1.54, 1.807) is 0 Å². The second-order valence-corrected chi connectivity index (χ2v) is 7.91. The fourth-order valence-corrected chi connectivity index (χ4v) is 3.13. The minimum absolute atomic E-state index is 0.0341. The molecule has 1 fully saturated rings. The lowest BCUT2D eigenvalue weighted by atomic mass is 9.85. The predicted molar refractivity (Wildman–Crippen MR) is 100 cm³/mol. The van der Waals surface area contributed by atoms with Crippen LogP contribution in [0.25, 0.3) is 0 Å². The van der Waals surface area contributed by atoms with Gasteiger partial charge >= 0.3 is 11.8 Å². The molecule has 0 spiro atoms. The van der Waals surface area contributed by atoms with Gasteiger partial charge in [0.2, 0.25) is 5.91 Å². The number of likely N-dealkylation sites (N-methyl/N-ethyl adjacent to an activating group) is 1.